The van der Waals surface area contributed by atoms with E-state index in [1.807, 2.05) is 6.07 Å². The summed E-state index contributed by atoms with van der Waals surface area (Å²) in [5, 5.41) is 4.63. The van der Waals surface area contributed by atoms with E-state index in [0.29, 0.717) is 17.3 Å². The maximum Gasteiger partial charge on any atom is 0.256 e. The number of pyridine rings is 1. The third-order valence-corrected chi connectivity index (χ3v) is 5.05. The van der Waals surface area contributed by atoms with Crippen molar-refractivity contribution in [2.24, 2.45) is 0 Å². The molecule has 1 aliphatic carbocycles. The number of rotatable bonds is 2. The molecule has 2 N–H and O–H groups in total. The van der Waals surface area contributed by atoms with Gasteiger partial charge in [0.2, 0.25) is 0 Å². The van der Waals surface area contributed by atoms with Crippen molar-refractivity contribution in [2.75, 3.05) is 26.2 Å². The molecule has 0 amide bonds. The molecule has 1 aliphatic heterocycles. The number of hydrogen-bond donors (Lipinski definition) is 2. The van der Waals surface area contributed by atoms with Gasteiger partial charge in [0.05, 0.1) is 0 Å². The van der Waals surface area contributed by atoms with Crippen LogP contribution in [0.4, 0.5) is 4.39 Å². The van der Waals surface area contributed by atoms with E-state index in [1.165, 1.54) is 12.1 Å². The molecule has 1 saturated carbocycles. The van der Waals surface area contributed by atoms with Crippen molar-refractivity contribution in [3.05, 3.63) is 46.1 Å². The first-order valence-corrected chi connectivity index (χ1v) is 7.98. The number of benzene rings is 1. The van der Waals surface area contributed by atoms with E-state index in [0.717, 1.165) is 50.1 Å². The lowest BCUT2D eigenvalue weighted by Crippen LogP contribution is -2.52. The molecule has 0 spiro atoms. The summed E-state index contributed by atoms with van der Waals surface area (Å²) < 4.78 is 13.2. The summed E-state index contributed by atoms with van der Waals surface area (Å²) in [6.07, 6.45) is 2.20. The molecule has 5 heteroatoms. The third-order valence-electron chi connectivity index (χ3n) is 5.05. The summed E-state index contributed by atoms with van der Waals surface area (Å²) >= 11 is 0. The van der Waals surface area contributed by atoms with Gasteiger partial charge in [-0.25, -0.2) is 4.39 Å². The first-order chi connectivity index (χ1) is 10.7. The van der Waals surface area contributed by atoms with Gasteiger partial charge in [0.15, 0.2) is 0 Å². The second kappa shape index (κ2) is 5.48. The molecule has 0 bridgehead atoms. The fourth-order valence-electron chi connectivity index (χ4n) is 3.66. The molecule has 0 unspecified atom stereocenters. The second-order valence-electron chi connectivity index (χ2n) is 6.39. The molecular weight excluding hydrogens is 281 g/mol. The van der Waals surface area contributed by atoms with Gasteiger partial charge in [-0.15, -0.1) is 0 Å². The van der Waals surface area contributed by atoms with Crippen molar-refractivity contribution in [3.63, 3.8) is 0 Å². The van der Waals surface area contributed by atoms with Crippen LogP contribution in [0.1, 0.15) is 24.5 Å². The largest absolute Gasteiger partial charge is 0.325 e. The number of hydrogen-bond acceptors (Lipinski definition) is 3. The number of halogens is 1. The highest BCUT2D eigenvalue weighted by Crippen LogP contribution is 2.39. The van der Waals surface area contributed by atoms with Gasteiger partial charge < -0.3 is 10.3 Å². The zero-order chi connectivity index (χ0) is 15.1. The number of H-pyrrole nitrogens is 1. The van der Waals surface area contributed by atoms with E-state index in [-0.39, 0.29) is 11.4 Å². The van der Waals surface area contributed by atoms with Crippen LogP contribution in [0.15, 0.2) is 29.1 Å². The van der Waals surface area contributed by atoms with E-state index in [9.17, 15) is 9.18 Å². The van der Waals surface area contributed by atoms with Gasteiger partial charge in [0.1, 0.15) is 5.82 Å². The Kier molecular flexibility index (Phi) is 3.47. The lowest BCUT2D eigenvalue weighted by molar-refractivity contribution is 0.0943. The fourth-order valence-corrected chi connectivity index (χ4v) is 3.66. The minimum Gasteiger partial charge on any atom is -0.325 e. The first kappa shape index (κ1) is 13.9. The van der Waals surface area contributed by atoms with Crippen molar-refractivity contribution < 1.29 is 4.39 Å². The number of nitrogens with zero attached hydrogens (tertiary/aromatic N) is 1. The maximum atomic E-state index is 13.2. The number of fused-ring (bicyclic) bond motifs is 1. The van der Waals surface area contributed by atoms with Crippen molar-refractivity contribution in [3.8, 4) is 0 Å². The van der Waals surface area contributed by atoms with Crippen LogP contribution in [-0.4, -0.2) is 42.1 Å². The summed E-state index contributed by atoms with van der Waals surface area (Å²) in [6.45, 7) is 4.37. The number of piperazine rings is 1. The molecule has 2 aliphatic rings. The summed E-state index contributed by atoms with van der Waals surface area (Å²) in [4.78, 5) is 17.6. The molecule has 4 rings (SSSR count). The van der Waals surface area contributed by atoms with Crippen LogP contribution in [0.5, 0.6) is 0 Å². The minimum atomic E-state index is -0.367. The maximum absolute atomic E-state index is 13.2. The van der Waals surface area contributed by atoms with E-state index >= 15 is 0 Å². The van der Waals surface area contributed by atoms with E-state index in [4.69, 9.17) is 0 Å². The molecule has 2 fully saturated rings. The normalized spacial score (nSPS) is 26.0. The topological polar surface area (TPSA) is 48.1 Å². The zero-order valence-corrected chi connectivity index (χ0v) is 12.4. The molecule has 1 aromatic carbocycles. The van der Waals surface area contributed by atoms with Crippen LogP contribution in [-0.2, 0) is 0 Å². The molecule has 2 aromatic rings. The minimum absolute atomic E-state index is 0.183. The van der Waals surface area contributed by atoms with Gasteiger partial charge in [0, 0.05) is 49.2 Å². The highest BCUT2D eigenvalue weighted by molar-refractivity contribution is 5.81. The van der Waals surface area contributed by atoms with Gasteiger partial charge >= 0.3 is 0 Å². The van der Waals surface area contributed by atoms with Crippen LogP contribution in [0.25, 0.3) is 10.8 Å². The average molecular weight is 301 g/mol. The van der Waals surface area contributed by atoms with Crippen molar-refractivity contribution in [1.29, 1.82) is 0 Å². The Morgan fingerprint density at radius 2 is 1.91 bits per heavy atom. The number of aromatic nitrogens is 1. The Hall–Kier alpha value is -1.72. The lowest BCUT2D eigenvalue weighted by atomic mass is 9.76. The molecule has 1 aromatic heterocycles. The monoisotopic (exact) mass is 301 g/mol. The Morgan fingerprint density at radius 1 is 1.14 bits per heavy atom. The Labute approximate surface area is 128 Å². The van der Waals surface area contributed by atoms with Crippen molar-refractivity contribution in [2.45, 2.75) is 24.8 Å². The van der Waals surface area contributed by atoms with E-state index < -0.39 is 0 Å². The second-order valence-corrected chi connectivity index (χ2v) is 6.39. The molecule has 0 atom stereocenters. The molecule has 4 nitrogen and oxygen atoms in total. The smallest absolute Gasteiger partial charge is 0.256 e. The number of aromatic amines is 1. The van der Waals surface area contributed by atoms with Crippen molar-refractivity contribution in [1.82, 2.24) is 15.2 Å². The van der Waals surface area contributed by atoms with E-state index in [2.05, 4.69) is 15.2 Å². The van der Waals surface area contributed by atoms with Crippen LogP contribution in [0, 0.1) is 5.82 Å². The van der Waals surface area contributed by atoms with E-state index in [1.54, 1.807) is 6.07 Å². The highest BCUT2D eigenvalue weighted by Gasteiger charge is 2.35. The molecular formula is C17H20FN3O. The molecule has 116 valence electrons. The predicted molar refractivity (Wildman–Crippen MR) is 84.7 cm³/mol. The molecule has 22 heavy (non-hydrogen) atoms. The van der Waals surface area contributed by atoms with Gasteiger partial charge in [-0.2, -0.15) is 0 Å². The fraction of sp³-hybridized carbons (Fsp3) is 0.471. The Bertz CT molecular complexity index is 745. The summed E-state index contributed by atoms with van der Waals surface area (Å²) in [6, 6.07) is 7.06. The SMILES string of the molecule is O=c1[nH]c(C2CC(N3CCNCC3)C2)cc2ccc(F)cc12. The average Bonchev–Trinajstić information content (AvgIpc) is 2.48. The first-order valence-electron chi connectivity index (χ1n) is 7.98. The summed E-state index contributed by atoms with van der Waals surface area (Å²) in [5.41, 5.74) is 0.813. The molecule has 1 saturated heterocycles. The van der Waals surface area contributed by atoms with Gasteiger partial charge in [0.25, 0.3) is 5.56 Å². The quantitative estimate of drug-likeness (QED) is 0.889. The van der Waals surface area contributed by atoms with Crippen LogP contribution in [0.3, 0.4) is 0 Å². The molecule has 2 heterocycles. The van der Waals surface area contributed by atoms with Gasteiger partial charge in [-0.05, 0) is 36.4 Å². The van der Waals surface area contributed by atoms with Crippen LogP contribution in [0.2, 0.25) is 0 Å². The Morgan fingerprint density at radius 3 is 2.68 bits per heavy atom. The third kappa shape index (κ3) is 2.44. The summed E-state index contributed by atoms with van der Waals surface area (Å²) in [7, 11) is 0. The van der Waals surface area contributed by atoms with Crippen molar-refractivity contribution >= 4 is 10.8 Å². The van der Waals surface area contributed by atoms with Gasteiger partial charge in [-0.3, -0.25) is 9.69 Å². The highest BCUT2D eigenvalue weighted by atomic mass is 19.1. The van der Waals surface area contributed by atoms with Gasteiger partial charge in [-0.1, -0.05) is 6.07 Å². The standard InChI is InChI=1S/C17H20FN3O/c18-13-2-1-11-9-16(20-17(22)15(11)10-13)12-7-14(8-12)21-5-3-19-4-6-21/h1-2,9-10,12,14,19H,3-8H2,(H,20,22). The molecule has 0 radical (unpaired) electrons. The zero-order valence-electron chi connectivity index (χ0n) is 12.4. The summed E-state index contributed by atoms with van der Waals surface area (Å²) in [5.74, 6) is 0.0511. The number of nitrogens with one attached hydrogen (secondary N) is 2. The lowest BCUT2D eigenvalue weighted by Gasteiger charge is -2.44. The van der Waals surface area contributed by atoms with Crippen LogP contribution < -0.4 is 10.9 Å². The van der Waals surface area contributed by atoms with Crippen LogP contribution >= 0.6 is 0 Å². The predicted octanol–water partition coefficient (Wildman–Crippen LogP) is 1.82. The Balaban J connectivity index is 1.53.